The number of hydrogen-bond donors (Lipinski definition) is 2. The van der Waals surface area contributed by atoms with Gasteiger partial charge in [-0.05, 0) is 44.2 Å². The maximum Gasteiger partial charge on any atom is 0.256 e. The maximum atomic E-state index is 12.8. The fraction of sp³-hybridized carbons (Fsp3) is 0.235. The van der Waals surface area contributed by atoms with Gasteiger partial charge in [0, 0.05) is 17.1 Å². The molecule has 0 bridgehead atoms. The number of fused-ring (bicyclic) bond motifs is 1. The molecule has 0 aliphatic rings. The minimum atomic E-state index is -0.400. The average Bonchev–Trinajstić information content (AvgIpc) is 3.03. The van der Waals surface area contributed by atoms with Gasteiger partial charge in [0.2, 0.25) is 11.8 Å². The summed E-state index contributed by atoms with van der Waals surface area (Å²) in [5.74, 6) is -0.543. The van der Waals surface area contributed by atoms with Gasteiger partial charge in [-0.25, -0.2) is 9.37 Å². The zero-order valence-electron chi connectivity index (χ0n) is 14.7. The lowest BCUT2D eigenvalue weighted by molar-refractivity contribution is -0.122. The Morgan fingerprint density at radius 1 is 1.15 bits per heavy atom. The molecule has 0 atom stereocenters. The van der Waals surface area contributed by atoms with E-state index in [0.717, 1.165) is 11.4 Å². The van der Waals surface area contributed by atoms with Crippen molar-refractivity contribution < 1.29 is 14.0 Å². The number of carbonyl (C=O) groups is 2. The van der Waals surface area contributed by atoms with Gasteiger partial charge in [-0.1, -0.05) is 11.8 Å². The molecule has 2 N–H and O–H groups in total. The standard InChI is InChI=1S/C17H17FN6O2S/c1-10-7-11(2)24-16(20-10)22-23-17(24)27-9-15(26)19-8-14(25)21-13-5-3-12(18)4-6-13/h3-7H,8-9H2,1-2H3,(H,19,26)(H,21,25). The van der Waals surface area contributed by atoms with Crippen molar-refractivity contribution in [2.24, 2.45) is 0 Å². The summed E-state index contributed by atoms with van der Waals surface area (Å²) in [6, 6.07) is 7.27. The first-order chi connectivity index (χ1) is 12.9. The van der Waals surface area contributed by atoms with Crippen LogP contribution in [0.2, 0.25) is 0 Å². The van der Waals surface area contributed by atoms with E-state index in [1.807, 2.05) is 19.9 Å². The van der Waals surface area contributed by atoms with Crippen LogP contribution in [-0.4, -0.2) is 43.7 Å². The average molecular weight is 388 g/mol. The number of rotatable bonds is 6. The van der Waals surface area contributed by atoms with Crippen LogP contribution < -0.4 is 10.6 Å². The highest BCUT2D eigenvalue weighted by atomic mass is 32.2. The smallest absolute Gasteiger partial charge is 0.256 e. The summed E-state index contributed by atoms with van der Waals surface area (Å²) in [5, 5.41) is 13.7. The second-order valence-electron chi connectivity index (χ2n) is 5.78. The van der Waals surface area contributed by atoms with Crippen molar-refractivity contribution in [3.63, 3.8) is 0 Å². The number of nitrogens with zero attached hydrogens (tertiary/aromatic N) is 4. The van der Waals surface area contributed by atoms with E-state index < -0.39 is 5.91 Å². The van der Waals surface area contributed by atoms with E-state index in [4.69, 9.17) is 0 Å². The summed E-state index contributed by atoms with van der Waals surface area (Å²) in [5.41, 5.74) is 2.22. The zero-order valence-corrected chi connectivity index (χ0v) is 15.5. The van der Waals surface area contributed by atoms with E-state index in [9.17, 15) is 14.0 Å². The van der Waals surface area contributed by atoms with Gasteiger partial charge in [0.1, 0.15) is 5.82 Å². The molecular formula is C17H17FN6O2S. The molecule has 1 aromatic carbocycles. The SMILES string of the molecule is Cc1cc(C)n2c(SCC(=O)NCC(=O)Nc3ccc(F)cc3)nnc2n1. The van der Waals surface area contributed by atoms with Crippen LogP contribution in [0, 0.1) is 19.7 Å². The Labute approximate surface area is 158 Å². The number of aryl methyl sites for hydroxylation is 2. The maximum absolute atomic E-state index is 12.8. The molecule has 0 aliphatic carbocycles. The Hall–Kier alpha value is -3.01. The van der Waals surface area contributed by atoms with Crippen molar-refractivity contribution in [1.29, 1.82) is 0 Å². The Balaban J connectivity index is 1.50. The number of nitrogens with one attached hydrogen (secondary N) is 2. The lowest BCUT2D eigenvalue weighted by atomic mass is 10.3. The molecule has 2 aromatic heterocycles. The lowest BCUT2D eigenvalue weighted by Crippen LogP contribution is -2.33. The van der Waals surface area contributed by atoms with Crippen LogP contribution in [0.3, 0.4) is 0 Å². The van der Waals surface area contributed by atoms with Gasteiger partial charge in [-0.15, -0.1) is 10.2 Å². The number of benzene rings is 1. The van der Waals surface area contributed by atoms with E-state index in [0.29, 0.717) is 16.6 Å². The fourth-order valence-electron chi connectivity index (χ4n) is 2.39. The lowest BCUT2D eigenvalue weighted by Gasteiger charge is -2.07. The normalized spacial score (nSPS) is 10.8. The molecule has 2 amide bonds. The van der Waals surface area contributed by atoms with Crippen molar-refractivity contribution in [3.05, 3.63) is 47.5 Å². The molecule has 0 unspecified atom stereocenters. The molecule has 3 aromatic rings. The third kappa shape index (κ3) is 4.79. The summed E-state index contributed by atoms with van der Waals surface area (Å²) in [6.07, 6.45) is 0. The Morgan fingerprint density at radius 2 is 1.89 bits per heavy atom. The largest absolute Gasteiger partial charge is 0.346 e. The van der Waals surface area contributed by atoms with E-state index in [-0.39, 0.29) is 24.0 Å². The number of thioether (sulfide) groups is 1. The number of hydrogen-bond acceptors (Lipinski definition) is 6. The second-order valence-corrected chi connectivity index (χ2v) is 6.72. The third-order valence-corrected chi connectivity index (χ3v) is 4.50. The van der Waals surface area contributed by atoms with Crippen LogP contribution in [-0.2, 0) is 9.59 Å². The van der Waals surface area contributed by atoms with Crippen LogP contribution in [0.5, 0.6) is 0 Å². The predicted molar refractivity (Wildman–Crippen MR) is 99.0 cm³/mol. The molecular weight excluding hydrogens is 371 g/mol. The molecule has 8 nitrogen and oxygen atoms in total. The Bertz CT molecular complexity index is 989. The van der Waals surface area contributed by atoms with E-state index in [1.165, 1.54) is 36.0 Å². The first kappa shape index (κ1) is 18.8. The summed E-state index contributed by atoms with van der Waals surface area (Å²) < 4.78 is 14.6. The van der Waals surface area contributed by atoms with Gasteiger partial charge in [0.25, 0.3) is 5.78 Å². The van der Waals surface area contributed by atoms with Crippen molar-refractivity contribution in [2.75, 3.05) is 17.6 Å². The van der Waals surface area contributed by atoms with Crippen molar-refractivity contribution in [3.8, 4) is 0 Å². The van der Waals surface area contributed by atoms with Crippen LogP contribution in [0.4, 0.5) is 10.1 Å². The molecule has 140 valence electrons. The topological polar surface area (TPSA) is 101 Å². The van der Waals surface area contributed by atoms with Gasteiger partial charge in [-0.3, -0.25) is 14.0 Å². The van der Waals surface area contributed by atoms with Crippen LogP contribution in [0.25, 0.3) is 5.78 Å². The number of halogens is 1. The molecule has 10 heteroatoms. The molecule has 0 fully saturated rings. The monoisotopic (exact) mass is 388 g/mol. The summed E-state index contributed by atoms with van der Waals surface area (Å²) >= 11 is 1.21. The van der Waals surface area contributed by atoms with Crippen molar-refractivity contribution in [2.45, 2.75) is 19.0 Å². The summed E-state index contributed by atoms with van der Waals surface area (Å²) in [4.78, 5) is 28.1. The molecule has 0 aliphatic heterocycles. The summed E-state index contributed by atoms with van der Waals surface area (Å²) in [6.45, 7) is 3.60. The van der Waals surface area contributed by atoms with E-state index >= 15 is 0 Å². The van der Waals surface area contributed by atoms with E-state index in [2.05, 4.69) is 25.8 Å². The highest BCUT2D eigenvalue weighted by Crippen LogP contribution is 2.18. The number of amides is 2. The summed E-state index contributed by atoms with van der Waals surface area (Å²) in [7, 11) is 0. The highest BCUT2D eigenvalue weighted by Gasteiger charge is 2.13. The quantitative estimate of drug-likeness (QED) is 0.624. The zero-order chi connectivity index (χ0) is 19.4. The van der Waals surface area contributed by atoms with Gasteiger partial charge < -0.3 is 10.6 Å². The second kappa shape index (κ2) is 8.12. The predicted octanol–water partition coefficient (Wildman–Crippen LogP) is 1.73. The van der Waals surface area contributed by atoms with Crippen LogP contribution in [0.15, 0.2) is 35.5 Å². The molecule has 0 saturated heterocycles. The molecule has 0 radical (unpaired) electrons. The molecule has 2 heterocycles. The van der Waals surface area contributed by atoms with Gasteiger partial charge in [0.05, 0.1) is 12.3 Å². The number of aromatic nitrogens is 4. The van der Waals surface area contributed by atoms with Gasteiger partial charge >= 0.3 is 0 Å². The number of anilines is 1. The molecule has 0 saturated carbocycles. The Kier molecular flexibility index (Phi) is 5.65. The van der Waals surface area contributed by atoms with Crippen molar-refractivity contribution >= 4 is 35.0 Å². The number of carbonyl (C=O) groups excluding carboxylic acids is 2. The van der Waals surface area contributed by atoms with Crippen LogP contribution >= 0.6 is 11.8 Å². The van der Waals surface area contributed by atoms with Crippen molar-refractivity contribution in [1.82, 2.24) is 24.9 Å². The van der Waals surface area contributed by atoms with Crippen LogP contribution in [0.1, 0.15) is 11.4 Å². The molecule has 3 rings (SSSR count). The third-order valence-electron chi connectivity index (χ3n) is 3.57. The van der Waals surface area contributed by atoms with Gasteiger partial charge in [-0.2, -0.15) is 0 Å². The molecule has 0 spiro atoms. The Morgan fingerprint density at radius 3 is 2.63 bits per heavy atom. The first-order valence-electron chi connectivity index (χ1n) is 8.06. The minimum Gasteiger partial charge on any atom is -0.346 e. The fourth-order valence-corrected chi connectivity index (χ4v) is 3.21. The molecule has 27 heavy (non-hydrogen) atoms. The first-order valence-corrected chi connectivity index (χ1v) is 9.05. The van der Waals surface area contributed by atoms with E-state index in [1.54, 1.807) is 4.40 Å². The minimum absolute atomic E-state index is 0.0813. The highest BCUT2D eigenvalue weighted by molar-refractivity contribution is 7.99. The van der Waals surface area contributed by atoms with Gasteiger partial charge in [0.15, 0.2) is 5.16 Å².